The lowest BCUT2D eigenvalue weighted by atomic mass is 10.3. The molecule has 0 fully saturated rings. The van der Waals surface area contributed by atoms with Gasteiger partial charge in [0.05, 0.1) is 5.25 Å². The number of benzene rings is 1. The van der Waals surface area contributed by atoms with Gasteiger partial charge in [-0.2, -0.15) is 0 Å². The maximum Gasteiger partial charge on any atom is 0.240 e. The molecule has 0 bridgehead atoms. The van der Waals surface area contributed by atoms with Crippen LogP contribution in [0.4, 0.5) is 5.69 Å². The highest BCUT2D eigenvalue weighted by atomic mass is 32.2. The third-order valence-corrected chi connectivity index (χ3v) is 4.75. The number of aromatic nitrogens is 3. The number of para-hydroxylation sites is 1. The summed E-state index contributed by atoms with van der Waals surface area (Å²) >= 11 is 1.34. The van der Waals surface area contributed by atoms with Gasteiger partial charge in [0.15, 0.2) is 5.16 Å². The molecule has 0 radical (unpaired) electrons. The van der Waals surface area contributed by atoms with Gasteiger partial charge >= 0.3 is 0 Å². The van der Waals surface area contributed by atoms with E-state index in [2.05, 4.69) is 10.2 Å². The number of anilines is 1. The summed E-state index contributed by atoms with van der Waals surface area (Å²) in [5.74, 6) is 0.278. The fraction of sp³-hybridized carbons (Fsp3) is 0.375. The quantitative estimate of drug-likeness (QED) is 0.764. The molecule has 0 aliphatic rings. The summed E-state index contributed by atoms with van der Waals surface area (Å²) in [6.07, 6.45) is 0.660. The topological polar surface area (TPSA) is 94.1 Å². The predicted molar refractivity (Wildman–Crippen MR) is 93.7 cm³/mol. The zero-order valence-electron chi connectivity index (χ0n) is 14.0. The lowest BCUT2D eigenvalue weighted by Gasteiger charge is -2.20. The molecule has 2 aromatic rings. The number of thioether (sulfide) groups is 1. The first-order valence-electron chi connectivity index (χ1n) is 7.56. The largest absolute Gasteiger partial charge is 0.370 e. The Labute approximate surface area is 145 Å². The molecule has 1 heterocycles. The van der Waals surface area contributed by atoms with Crippen LogP contribution in [0.25, 0.3) is 0 Å². The lowest BCUT2D eigenvalue weighted by molar-refractivity contribution is -0.118. The third kappa shape index (κ3) is 4.35. The molecule has 0 unspecified atom stereocenters. The van der Waals surface area contributed by atoms with Gasteiger partial charge in [-0.05, 0) is 19.1 Å². The molecule has 0 aliphatic carbocycles. The highest BCUT2D eigenvalue weighted by Crippen LogP contribution is 2.24. The minimum atomic E-state index is -0.375. The zero-order chi connectivity index (χ0) is 17.7. The summed E-state index contributed by atoms with van der Waals surface area (Å²) in [7, 11) is 3.57. The molecule has 8 heteroatoms. The van der Waals surface area contributed by atoms with Crippen LogP contribution in [-0.4, -0.2) is 38.9 Å². The molecule has 1 aromatic carbocycles. The molecule has 1 atom stereocenters. The van der Waals surface area contributed by atoms with Crippen LogP contribution in [0.15, 0.2) is 35.5 Å². The molecule has 2 rings (SSSR count). The van der Waals surface area contributed by atoms with Crippen LogP contribution in [0.1, 0.15) is 19.2 Å². The average molecular weight is 347 g/mol. The van der Waals surface area contributed by atoms with E-state index in [0.717, 1.165) is 5.69 Å². The second-order valence-corrected chi connectivity index (χ2v) is 6.72. The molecular weight excluding hydrogens is 326 g/mol. The lowest BCUT2D eigenvalue weighted by Crippen LogP contribution is -2.33. The van der Waals surface area contributed by atoms with Gasteiger partial charge in [0.1, 0.15) is 5.82 Å². The summed E-state index contributed by atoms with van der Waals surface area (Å²) in [6, 6.07) is 9.47. The molecule has 0 spiro atoms. The van der Waals surface area contributed by atoms with E-state index in [9.17, 15) is 9.59 Å². The highest BCUT2D eigenvalue weighted by Gasteiger charge is 2.22. The Morgan fingerprint density at radius 3 is 2.58 bits per heavy atom. The van der Waals surface area contributed by atoms with Crippen LogP contribution in [0, 0.1) is 0 Å². The Kier molecular flexibility index (Phi) is 5.97. The molecule has 2 N–H and O–H groups in total. The van der Waals surface area contributed by atoms with E-state index in [0.29, 0.717) is 17.4 Å². The molecule has 0 saturated carbocycles. The molecule has 24 heavy (non-hydrogen) atoms. The zero-order valence-corrected chi connectivity index (χ0v) is 14.8. The minimum Gasteiger partial charge on any atom is -0.370 e. The molecule has 0 aliphatic heterocycles. The van der Waals surface area contributed by atoms with Crippen molar-refractivity contribution in [1.82, 2.24) is 14.8 Å². The van der Waals surface area contributed by atoms with Crippen molar-refractivity contribution in [3.63, 3.8) is 0 Å². The standard InChI is InChI=1S/C16H21N5O2S/c1-11(15(23)20(2)12-7-5-4-6-8-12)24-16-19-18-14(21(16)3)10-9-13(17)22/h4-8,11H,9-10H2,1-3H3,(H2,17,22)/t11-/m0/s1. The number of hydrogen-bond donors (Lipinski definition) is 1. The maximum atomic E-state index is 12.6. The van der Waals surface area contributed by atoms with Gasteiger partial charge < -0.3 is 15.2 Å². The fourth-order valence-electron chi connectivity index (χ4n) is 2.16. The van der Waals surface area contributed by atoms with E-state index < -0.39 is 0 Å². The normalized spacial score (nSPS) is 12.0. The van der Waals surface area contributed by atoms with Crippen molar-refractivity contribution in [2.24, 2.45) is 12.8 Å². The Hall–Kier alpha value is -2.35. The third-order valence-electron chi connectivity index (χ3n) is 3.62. The fourth-order valence-corrected chi connectivity index (χ4v) is 3.09. The second-order valence-electron chi connectivity index (χ2n) is 5.42. The molecule has 2 amide bonds. The average Bonchev–Trinajstić information content (AvgIpc) is 2.92. The SMILES string of the molecule is C[C@H](Sc1nnc(CCC(N)=O)n1C)C(=O)N(C)c1ccccc1. The van der Waals surface area contributed by atoms with Crippen LogP contribution in [0.2, 0.25) is 0 Å². The van der Waals surface area contributed by atoms with Gasteiger partial charge in [0.2, 0.25) is 11.8 Å². The van der Waals surface area contributed by atoms with Crippen molar-refractivity contribution < 1.29 is 9.59 Å². The summed E-state index contributed by atoms with van der Waals surface area (Å²) in [4.78, 5) is 25.1. The van der Waals surface area contributed by atoms with E-state index in [1.165, 1.54) is 11.8 Å². The van der Waals surface area contributed by atoms with Crippen molar-refractivity contribution in [3.05, 3.63) is 36.2 Å². The number of carbonyl (C=O) groups is 2. The van der Waals surface area contributed by atoms with Gasteiger partial charge in [-0.15, -0.1) is 10.2 Å². The first-order valence-corrected chi connectivity index (χ1v) is 8.44. The minimum absolute atomic E-state index is 0.0205. The summed E-state index contributed by atoms with van der Waals surface area (Å²) in [5.41, 5.74) is 6.00. The first kappa shape index (κ1) is 18.0. The number of primary amides is 1. The van der Waals surface area contributed by atoms with Crippen LogP contribution in [0.3, 0.4) is 0 Å². The monoisotopic (exact) mass is 347 g/mol. The Bertz CT molecular complexity index is 717. The number of hydrogen-bond acceptors (Lipinski definition) is 5. The number of nitrogens with zero attached hydrogens (tertiary/aromatic N) is 4. The van der Waals surface area contributed by atoms with E-state index >= 15 is 0 Å². The highest BCUT2D eigenvalue weighted by molar-refractivity contribution is 8.00. The van der Waals surface area contributed by atoms with Crippen molar-refractivity contribution >= 4 is 29.3 Å². The Balaban J connectivity index is 2.02. The number of aryl methyl sites for hydroxylation is 1. The van der Waals surface area contributed by atoms with Crippen molar-refractivity contribution in [3.8, 4) is 0 Å². The predicted octanol–water partition coefficient (Wildman–Crippen LogP) is 1.38. The molecule has 1 aromatic heterocycles. The van der Waals surface area contributed by atoms with E-state index in [4.69, 9.17) is 5.73 Å². The van der Waals surface area contributed by atoms with Gasteiger partial charge in [-0.1, -0.05) is 30.0 Å². The second kappa shape index (κ2) is 7.96. The first-order chi connectivity index (χ1) is 11.4. The van der Waals surface area contributed by atoms with Crippen LogP contribution < -0.4 is 10.6 Å². The van der Waals surface area contributed by atoms with Crippen LogP contribution in [0.5, 0.6) is 0 Å². The van der Waals surface area contributed by atoms with Crippen molar-refractivity contribution in [2.75, 3.05) is 11.9 Å². The molecule has 7 nitrogen and oxygen atoms in total. The molecular formula is C16H21N5O2S. The Morgan fingerprint density at radius 1 is 1.29 bits per heavy atom. The van der Waals surface area contributed by atoms with Gasteiger partial charge in [-0.3, -0.25) is 9.59 Å². The number of amides is 2. The van der Waals surface area contributed by atoms with Gasteiger partial charge in [-0.25, -0.2) is 0 Å². The van der Waals surface area contributed by atoms with Crippen molar-refractivity contribution in [1.29, 1.82) is 0 Å². The van der Waals surface area contributed by atoms with E-state index in [1.54, 1.807) is 16.5 Å². The van der Waals surface area contributed by atoms with Gasteiger partial charge in [0.25, 0.3) is 0 Å². The molecule has 128 valence electrons. The van der Waals surface area contributed by atoms with Gasteiger partial charge in [0, 0.05) is 32.6 Å². The maximum absolute atomic E-state index is 12.6. The van der Waals surface area contributed by atoms with Crippen molar-refractivity contribution in [2.45, 2.75) is 30.2 Å². The summed E-state index contributed by atoms with van der Waals surface area (Å²) in [6.45, 7) is 1.84. The van der Waals surface area contributed by atoms with E-state index in [-0.39, 0.29) is 23.5 Å². The summed E-state index contributed by atoms with van der Waals surface area (Å²) in [5, 5.41) is 8.48. The van der Waals surface area contributed by atoms with Crippen LogP contribution in [-0.2, 0) is 23.1 Å². The number of carbonyl (C=O) groups excluding carboxylic acids is 2. The number of nitrogens with two attached hydrogens (primary N) is 1. The van der Waals surface area contributed by atoms with E-state index in [1.807, 2.05) is 44.3 Å². The Morgan fingerprint density at radius 2 is 1.96 bits per heavy atom. The molecule has 0 saturated heterocycles. The summed E-state index contributed by atoms with van der Waals surface area (Å²) < 4.78 is 1.79. The number of rotatable bonds is 7. The smallest absolute Gasteiger partial charge is 0.240 e. The van der Waals surface area contributed by atoms with Crippen LogP contribution >= 0.6 is 11.8 Å².